The molecule has 0 saturated heterocycles. The molecule has 5 heteroatoms. The Kier molecular flexibility index (Phi) is 4.22. The molecule has 27 heavy (non-hydrogen) atoms. The maximum Gasteiger partial charge on any atom is 0.236 e. The zero-order valence-corrected chi connectivity index (χ0v) is 15.8. The van der Waals surface area contributed by atoms with Crippen molar-refractivity contribution < 1.29 is 9.53 Å². The van der Waals surface area contributed by atoms with Crippen molar-refractivity contribution >= 4 is 11.7 Å². The number of para-hydroxylation sites is 1. The number of aromatic nitrogens is 2. The molecular formula is C22H23N3O2. The van der Waals surface area contributed by atoms with Gasteiger partial charge in [0.15, 0.2) is 5.82 Å². The fourth-order valence-electron chi connectivity index (χ4n) is 3.65. The number of carbonyl (C=O) groups excluding carboxylic acids is 1. The van der Waals surface area contributed by atoms with Crippen molar-refractivity contribution in [2.75, 3.05) is 12.4 Å². The number of ether oxygens (including phenoxy) is 1. The zero-order valence-electron chi connectivity index (χ0n) is 15.8. The highest BCUT2D eigenvalue weighted by atomic mass is 16.5. The number of aryl methyl sites for hydroxylation is 2. The molecule has 1 amide bonds. The first-order valence-corrected chi connectivity index (χ1v) is 9.11. The third kappa shape index (κ3) is 3.21. The lowest BCUT2D eigenvalue weighted by molar-refractivity contribution is -0.118. The van der Waals surface area contributed by atoms with Crippen LogP contribution in [0.25, 0.3) is 11.3 Å². The maximum absolute atomic E-state index is 13.0. The van der Waals surface area contributed by atoms with Crippen LogP contribution < -0.4 is 10.1 Å². The van der Waals surface area contributed by atoms with Crippen molar-refractivity contribution in [3.05, 3.63) is 65.2 Å². The van der Waals surface area contributed by atoms with Crippen molar-refractivity contribution in [2.24, 2.45) is 0 Å². The van der Waals surface area contributed by atoms with Crippen LogP contribution >= 0.6 is 0 Å². The molecule has 0 bridgehead atoms. The first-order valence-electron chi connectivity index (χ1n) is 9.11. The summed E-state index contributed by atoms with van der Waals surface area (Å²) in [6.45, 7) is 4.13. The second kappa shape index (κ2) is 6.58. The van der Waals surface area contributed by atoms with Gasteiger partial charge in [0.2, 0.25) is 5.91 Å². The molecule has 0 spiro atoms. The van der Waals surface area contributed by atoms with E-state index in [9.17, 15) is 4.79 Å². The van der Waals surface area contributed by atoms with E-state index in [4.69, 9.17) is 4.74 Å². The highest BCUT2D eigenvalue weighted by Gasteiger charge is 2.51. The maximum atomic E-state index is 13.0. The fourth-order valence-corrected chi connectivity index (χ4v) is 3.65. The second-order valence-corrected chi connectivity index (χ2v) is 7.28. The summed E-state index contributed by atoms with van der Waals surface area (Å²) in [5.41, 5.74) is 4.74. The first-order chi connectivity index (χ1) is 13.0. The van der Waals surface area contributed by atoms with Crippen LogP contribution in [0.5, 0.6) is 5.75 Å². The number of H-pyrrole nitrogens is 1. The van der Waals surface area contributed by atoms with Crippen molar-refractivity contribution in [3.8, 4) is 17.0 Å². The van der Waals surface area contributed by atoms with Crippen LogP contribution in [0.3, 0.4) is 0 Å². The molecule has 0 unspecified atom stereocenters. The van der Waals surface area contributed by atoms with Gasteiger partial charge in [0.1, 0.15) is 5.75 Å². The van der Waals surface area contributed by atoms with Crippen LogP contribution in [0.4, 0.5) is 5.82 Å². The van der Waals surface area contributed by atoms with Crippen molar-refractivity contribution in [3.63, 3.8) is 0 Å². The first kappa shape index (κ1) is 17.3. The number of hydrogen-bond acceptors (Lipinski definition) is 3. The van der Waals surface area contributed by atoms with Gasteiger partial charge in [-0.2, -0.15) is 5.10 Å². The minimum absolute atomic E-state index is 0.00516. The van der Waals surface area contributed by atoms with E-state index >= 15 is 0 Å². The summed E-state index contributed by atoms with van der Waals surface area (Å²) in [6, 6.07) is 15.9. The topological polar surface area (TPSA) is 67.0 Å². The molecule has 1 fully saturated rings. The van der Waals surface area contributed by atoms with Crippen LogP contribution in [0.1, 0.15) is 29.5 Å². The van der Waals surface area contributed by atoms with Gasteiger partial charge in [-0.3, -0.25) is 9.89 Å². The van der Waals surface area contributed by atoms with Crippen molar-refractivity contribution in [1.82, 2.24) is 10.2 Å². The summed E-state index contributed by atoms with van der Waals surface area (Å²) in [6.07, 6.45) is 1.73. The Morgan fingerprint density at radius 2 is 1.81 bits per heavy atom. The Balaban J connectivity index is 1.56. The average molecular weight is 361 g/mol. The van der Waals surface area contributed by atoms with Gasteiger partial charge >= 0.3 is 0 Å². The van der Waals surface area contributed by atoms with Gasteiger partial charge < -0.3 is 10.1 Å². The average Bonchev–Trinajstić information content (AvgIpc) is 3.35. The molecule has 1 aliphatic carbocycles. The molecule has 1 aromatic heterocycles. The summed E-state index contributed by atoms with van der Waals surface area (Å²) in [4.78, 5) is 13.0. The molecule has 4 rings (SSSR count). The van der Waals surface area contributed by atoms with Crippen LogP contribution in [0.15, 0.2) is 48.5 Å². The third-order valence-electron chi connectivity index (χ3n) is 5.18. The van der Waals surface area contributed by atoms with Gasteiger partial charge in [0.25, 0.3) is 0 Å². The van der Waals surface area contributed by atoms with Crippen LogP contribution in [0.2, 0.25) is 0 Å². The zero-order chi connectivity index (χ0) is 19.0. The number of nitrogens with one attached hydrogen (secondary N) is 2. The number of rotatable bonds is 5. The molecule has 1 saturated carbocycles. The SMILES string of the molecule is COc1ccccc1-c1cc(NC(=O)C2(c3cc(C)cc(C)c3)CC2)n[nH]1. The van der Waals surface area contributed by atoms with E-state index in [1.165, 1.54) is 11.1 Å². The predicted molar refractivity (Wildman–Crippen MR) is 106 cm³/mol. The largest absolute Gasteiger partial charge is 0.496 e. The Bertz CT molecular complexity index is 982. The molecule has 5 nitrogen and oxygen atoms in total. The fraction of sp³-hybridized carbons (Fsp3) is 0.273. The van der Waals surface area contributed by atoms with Crippen LogP contribution in [-0.2, 0) is 10.2 Å². The molecule has 1 aliphatic rings. The molecule has 1 heterocycles. The molecular weight excluding hydrogens is 338 g/mol. The third-order valence-corrected chi connectivity index (χ3v) is 5.18. The second-order valence-electron chi connectivity index (χ2n) is 7.28. The number of benzene rings is 2. The lowest BCUT2D eigenvalue weighted by Gasteiger charge is -2.16. The molecule has 0 atom stereocenters. The Morgan fingerprint density at radius 1 is 1.11 bits per heavy atom. The lowest BCUT2D eigenvalue weighted by atomic mass is 9.92. The van der Waals surface area contributed by atoms with Gasteiger partial charge in [-0.1, -0.05) is 41.5 Å². The number of nitrogens with zero attached hydrogens (tertiary/aromatic N) is 1. The molecule has 138 valence electrons. The van der Waals surface area contributed by atoms with E-state index in [-0.39, 0.29) is 5.91 Å². The van der Waals surface area contributed by atoms with Gasteiger partial charge in [0.05, 0.1) is 18.2 Å². The minimum atomic E-state index is -0.430. The van der Waals surface area contributed by atoms with Crippen LogP contribution in [-0.4, -0.2) is 23.2 Å². The van der Waals surface area contributed by atoms with Gasteiger partial charge in [-0.15, -0.1) is 0 Å². The van der Waals surface area contributed by atoms with E-state index in [0.717, 1.165) is 35.4 Å². The Morgan fingerprint density at radius 3 is 2.48 bits per heavy atom. The van der Waals surface area contributed by atoms with E-state index in [0.29, 0.717) is 5.82 Å². The summed E-state index contributed by atoms with van der Waals surface area (Å²) >= 11 is 0. The van der Waals surface area contributed by atoms with Gasteiger partial charge in [-0.25, -0.2) is 0 Å². The summed E-state index contributed by atoms with van der Waals surface area (Å²) in [7, 11) is 1.64. The minimum Gasteiger partial charge on any atom is -0.496 e. The summed E-state index contributed by atoms with van der Waals surface area (Å²) in [5, 5.41) is 10.2. The van der Waals surface area contributed by atoms with E-state index in [1.807, 2.05) is 30.3 Å². The molecule has 2 aromatic carbocycles. The quantitative estimate of drug-likeness (QED) is 0.709. The van der Waals surface area contributed by atoms with E-state index in [2.05, 4.69) is 47.6 Å². The summed E-state index contributed by atoms with van der Waals surface area (Å²) in [5.74, 6) is 1.29. The lowest BCUT2D eigenvalue weighted by Crippen LogP contribution is -2.28. The van der Waals surface area contributed by atoms with E-state index in [1.54, 1.807) is 7.11 Å². The number of carbonyl (C=O) groups is 1. The molecule has 0 aliphatic heterocycles. The number of aromatic amines is 1. The Labute approximate surface area is 158 Å². The standard InChI is InChI=1S/C22H23N3O2/c1-14-10-15(2)12-16(11-14)22(8-9-22)21(26)23-20-13-18(24-25-20)17-6-4-5-7-19(17)27-3/h4-7,10-13H,8-9H2,1-3H3,(H2,23,24,25,26). The number of amides is 1. The highest BCUT2D eigenvalue weighted by molar-refractivity contribution is 6.01. The van der Waals surface area contributed by atoms with E-state index < -0.39 is 5.41 Å². The number of anilines is 1. The molecule has 0 radical (unpaired) electrons. The van der Waals surface area contributed by atoms with Gasteiger partial charge in [0, 0.05) is 11.6 Å². The van der Waals surface area contributed by atoms with Crippen molar-refractivity contribution in [1.29, 1.82) is 0 Å². The monoisotopic (exact) mass is 361 g/mol. The molecule has 3 aromatic rings. The molecule has 2 N–H and O–H groups in total. The Hall–Kier alpha value is -3.08. The van der Waals surface area contributed by atoms with Crippen LogP contribution in [0, 0.1) is 13.8 Å². The number of hydrogen-bond donors (Lipinski definition) is 2. The van der Waals surface area contributed by atoms with Gasteiger partial charge in [-0.05, 0) is 44.4 Å². The normalized spacial score (nSPS) is 14.6. The highest BCUT2D eigenvalue weighted by Crippen LogP contribution is 2.49. The van der Waals surface area contributed by atoms with Crippen molar-refractivity contribution in [2.45, 2.75) is 32.1 Å². The smallest absolute Gasteiger partial charge is 0.236 e. The predicted octanol–water partition coefficient (Wildman–Crippen LogP) is 4.37. The number of methoxy groups -OCH3 is 1. The summed E-state index contributed by atoms with van der Waals surface area (Å²) < 4.78 is 5.40.